The van der Waals surface area contributed by atoms with E-state index >= 15 is 0 Å². The van der Waals surface area contributed by atoms with E-state index in [2.05, 4.69) is 27.0 Å². The highest BCUT2D eigenvalue weighted by molar-refractivity contribution is 8.00. The molecule has 1 aliphatic rings. The molecule has 128 valence electrons. The molecule has 1 aromatic heterocycles. The van der Waals surface area contributed by atoms with Crippen LogP contribution in [0, 0.1) is 0 Å². The topological polar surface area (TPSA) is 59.8 Å². The Balaban J connectivity index is 1.70. The number of hydrogen-bond acceptors (Lipinski definition) is 4. The number of carbonyl (C=O) groups is 1. The van der Waals surface area contributed by atoms with Gasteiger partial charge in [-0.05, 0) is 26.7 Å². The Kier molecular flexibility index (Phi) is 5.56. The van der Waals surface area contributed by atoms with Crippen molar-refractivity contribution < 1.29 is 4.79 Å². The molecule has 0 unspecified atom stereocenters. The van der Waals surface area contributed by atoms with Crippen LogP contribution in [0.5, 0.6) is 0 Å². The van der Waals surface area contributed by atoms with Crippen molar-refractivity contribution in [2.45, 2.75) is 62.5 Å². The molecule has 1 saturated carbocycles. The average Bonchev–Trinajstić information content (AvgIpc) is 3.25. The molecule has 1 fully saturated rings. The lowest BCUT2D eigenvalue weighted by Gasteiger charge is -2.16. The number of thioether (sulfide) groups is 1. The third kappa shape index (κ3) is 3.80. The zero-order valence-electron chi connectivity index (χ0n) is 14.2. The summed E-state index contributed by atoms with van der Waals surface area (Å²) in [6.45, 7) is 4.78. The number of aromatic nitrogens is 3. The van der Waals surface area contributed by atoms with Crippen molar-refractivity contribution in [1.82, 2.24) is 20.1 Å². The molecule has 1 amide bonds. The van der Waals surface area contributed by atoms with Crippen LogP contribution < -0.4 is 5.32 Å². The molecule has 0 bridgehead atoms. The summed E-state index contributed by atoms with van der Waals surface area (Å²) in [4.78, 5) is 12.4. The van der Waals surface area contributed by atoms with Crippen molar-refractivity contribution in [2.24, 2.45) is 0 Å². The van der Waals surface area contributed by atoms with Crippen molar-refractivity contribution >= 4 is 17.7 Å². The van der Waals surface area contributed by atoms with E-state index in [0.717, 1.165) is 35.9 Å². The predicted octanol–water partition coefficient (Wildman–Crippen LogP) is 3.50. The minimum absolute atomic E-state index is 0.0961. The van der Waals surface area contributed by atoms with Crippen molar-refractivity contribution in [3.63, 3.8) is 0 Å². The van der Waals surface area contributed by atoms with E-state index in [1.165, 1.54) is 24.6 Å². The van der Waals surface area contributed by atoms with Gasteiger partial charge in [-0.15, -0.1) is 10.2 Å². The highest BCUT2D eigenvalue weighted by Gasteiger charge is 2.23. The number of benzene rings is 1. The van der Waals surface area contributed by atoms with Gasteiger partial charge in [0.05, 0.1) is 5.25 Å². The first-order valence-electron chi connectivity index (χ1n) is 8.64. The van der Waals surface area contributed by atoms with Crippen LogP contribution in [0.25, 0.3) is 11.4 Å². The highest BCUT2D eigenvalue weighted by atomic mass is 32.2. The van der Waals surface area contributed by atoms with Crippen LogP contribution >= 0.6 is 11.8 Å². The predicted molar refractivity (Wildman–Crippen MR) is 96.8 cm³/mol. The average molecular weight is 344 g/mol. The van der Waals surface area contributed by atoms with Gasteiger partial charge in [-0.3, -0.25) is 4.79 Å². The minimum atomic E-state index is -0.177. The second kappa shape index (κ2) is 7.83. The smallest absolute Gasteiger partial charge is 0.233 e. The van der Waals surface area contributed by atoms with Gasteiger partial charge in [0.2, 0.25) is 5.91 Å². The third-order valence-electron chi connectivity index (χ3n) is 4.42. The van der Waals surface area contributed by atoms with Crippen LogP contribution in [0.2, 0.25) is 0 Å². The largest absolute Gasteiger partial charge is 0.352 e. The van der Waals surface area contributed by atoms with E-state index in [1.54, 1.807) is 0 Å². The normalized spacial score (nSPS) is 16.2. The van der Waals surface area contributed by atoms with E-state index in [1.807, 2.05) is 37.3 Å². The van der Waals surface area contributed by atoms with E-state index in [9.17, 15) is 4.79 Å². The summed E-state index contributed by atoms with van der Waals surface area (Å²) in [6.07, 6.45) is 4.65. The maximum Gasteiger partial charge on any atom is 0.233 e. The van der Waals surface area contributed by atoms with Crippen LogP contribution in [0.15, 0.2) is 35.5 Å². The molecule has 1 heterocycles. The van der Waals surface area contributed by atoms with Crippen LogP contribution in [-0.2, 0) is 11.3 Å². The standard InChI is InChI=1S/C18H24N4OS/c1-3-22-16(14-9-5-4-6-10-14)20-21-18(22)24-13(2)17(23)19-15-11-7-8-12-15/h4-6,9-10,13,15H,3,7-8,11-12H2,1-2H3,(H,19,23)/t13-/m1/s1. The second-order valence-corrected chi connectivity index (χ2v) is 7.47. The Bertz CT molecular complexity index is 680. The Morgan fingerprint density at radius 1 is 1.29 bits per heavy atom. The molecule has 0 saturated heterocycles. The fourth-order valence-corrected chi connectivity index (χ4v) is 3.98. The summed E-state index contributed by atoms with van der Waals surface area (Å²) in [5, 5.41) is 12.4. The van der Waals surface area contributed by atoms with Crippen molar-refractivity contribution in [3.05, 3.63) is 30.3 Å². The molecule has 24 heavy (non-hydrogen) atoms. The lowest BCUT2D eigenvalue weighted by Crippen LogP contribution is -2.37. The van der Waals surface area contributed by atoms with E-state index in [0.29, 0.717) is 6.04 Å². The monoisotopic (exact) mass is 344 g/mol. The quantitative estimate of drug-likeness (QED) is 0.815. The molecule has 0 spiro atoms. The SMILES string of the molecule is CCn1c(S[C@H](C)C(=O)NC2CCCC2)nnc1-c1ccccc1. The summed E-state index contributed by atoms with van der Waals surface area (Å²) in [7, 11) is 0. The number of carbonyl (C=O) groups excluding carboxylic acids is 1. The Labute approximate surface area is 147 Å². The Hall–Kier alpha value is -1.82. The summed E-state index contributed by atoms with van der Waals surface area (Å²) < 4.78 is 2.07. The summed E-state index contributed by atoms with van der Waals surface area (Å²) in [6, 6.07) is 10.4. The van der Waals surface area contributed by atoms with E-state index in [4.69, 9.17) is 0 Å². The minimum Gasteiger partial charge on any atom is -0.352 e. The van der Waals surface area contributed by atoms with Crippen LogP contribution in [0.3, 0.4) is 0 Å². The molecule has 1 N–H and O–H groups in total. The third-order valence-corrected chi connectivity index (χ3v) is 5.50. The van der Waals surface area contributed by atoms with Crippen LogP contribution in [0.1, 0.15) is 39.5 Å². The number of nitrogens with one attached hydrogen (secondary N) is 1. The first-order chi connectivity index (χ1) is 11.7. The molecule has 0 aliphatic heterocycles. The van der Waals surface area contributed by atoms with Crippen LogP contribution in [-0.4, -0.2) is 32.0 Å². The maximum absolute atomic E-state index is 12.4. The molecule has 5 nitrogen and oxygen atoms in total. The molecule has 6 heteroatoms. The molecule has 1 aliphatic carbocycles. The van der Waals surface area contributed by atoms with Crippen LogP contribution in [0.4, 0.5) is 0 Å². The second-order valence-electron chi connectivity index (χ2n) is 6.17. The van der Waals surface area contributed by atoms with Gasteiger partial charge in [0.15, 0.2) is 11.0 Å². The summed E-state index contributed by atoms with van der Waals surface area (Å²) >= 11 is 1.48. The number of amides is 1. The molecule has 1 aromatic carbocycles. The Morgan fingerprint density at radius 2 is 2.00 bits per heavy atom. The summed E-state index contributed by atoms with van der Waals surface area (Å²) in [5.74, 6) is 0.947. The molecular weight excluding hydrogens is 320 g/mol. The lowest BCUT2D eigenvalue weighted by atomic mass is 10.2. The maximum atomic E-state index is 12.4. The number of hydrogen-bond donors (Lipinski definition) is 1. The number of nitrogens with zero attached hydrogens (tertiary/aromatic N) is 3. The van der Waals surface area contributed by atoms with Crippen molar-refractivity contribution in [2.75, 3.05) is 0 Å². The zero-order valence-corrected chi connectivity index (χ0v) is 15.1. The van der Waals surface area contributed by atoms with Gasteiger partial charge in [-0.1, -0.05) is 54.9 Å². The molecule has 0 radical (unpaired) electrons. The van der Waals surface area contributed by atoms with Gasteiger partial charge < -0.3 is 9.88 Å². The highest BCUT2D eigenvalue weighted by Crippen LogP contribution is 2.27. The first-order valence-corrected chi connectivity index (χ1v) is 9.52. The van der Waals surface area contributed by atoms with Crippen molar-refractivity contribution in [1.29, 1.82) is 0 Å². The van der Waals surface area contributed by atoms with Gasteiger partial charge in [-0.25, -0.2) is 0 Å². The Morgan fingerprint density at radius 3 is 2.67 bits per heavy atom. The molecular formula is C18H24N4OS. The fourth-order valence-electron chi connectivity index (χ4n) is 3.06. The fraction of sp³-hybridized carbons (Fsp3) is 0.500. The van der Waals surface area contributed by atoms with Crippen molar-refractivity contribution in [3.8, 4) is 11.4 Å². The summed E-state index contributed by atoms with van der Waals surface area (Å²) in [5.41, 5.74) is 1.04. The van der Waals surface area contributed by atoms with Gasteiger partial charge in [0, 0.05) is 18.2 Å². The first kappa shape index (κ1) is 17.0. The van der Waals surface area contributed by atoms with Gasteiger partial charge >= 0.3 is 0 Å². The molecule has 3 rings (SSSR count). The van der Waals surface area contributed by atoms with Gasteiger partial charge in [-0.2, -0.15) is 0 Å². The number of rotatable bonds is 6. The molecule has 2 aromatic rings. The van der Waals surface area contributed by atoms with Gasteiger partial charge in [0.25, 0.3) is 0 Å². The van der Waals surface area contributed by atoms with E-state index < -0.39 is 0 Å². The zero-order chi connectivity index (χ0) is 16.9. The lowest BCUT2D eigenvalue weighted by molar-refractivity contribution is -0.120. The van der Waals surface area contributed by atoms with Gasteiger partial charge in [0.1, 0.15) is 0 Å². The van der Waals surface area contributed by atoms with E-state index in [-0.39, 0.29) is 11.2 Å². The molecule has 1 atom stereocenters.